The minimum absolute atomic E-state index is 0.101. The second kappa shape index (κ2) is 32.0. The Hall–Kier alpha value is -3.71. The highest BCUT2D eigenvalue weighted by Gasteiger charge is 2.47. The van der Waals surface area contributed by atoms with Gasteiger partial charge in [-0.3, -0.25) is 14.4 Å². The maximum atomic E-state index is 13.6. The second-order valence-electron chi connectivity index (χ2n) is 17.0. The van der Waals surface area contributed by atoms with Crippen LogP contribution in [-0.4, -0.2) is 90.7 Å². The van der Waals surface area contributed by atoms with E-state index in [9.17, 15) is 29.7 Å². The molecule has 1 heterocycles. The lowest BCUT2D eigenvalue weighted by Crippen LogP contribution is -2.65. The van der Waals surface area contributed by atoms with E-state index >= 15 is 0 Å². The maximum absolute atomic E-state index is 13.6. The zero-order chi connectivity index (χ0) is 44.8. The summed E-state index contributed by atoms with van der Waals surface area (Å²) in [5.41, 5.74) is 2.53. The van der Waals surface area contributed by atoms with Crippen molar-refractivity contribution in [2.75, 3.05) is 20.8 Å². The number of methoxy groups -OCH3 is 2. The Balaban J connectivity index is 1.47. The van der Waals surface area contributed by atoms with Crippen LogP contribution in [0.4, 0.5) is 0 Å². The van der Waals surface area contributed by atoms with Crippen molar-refractivity contribution in [1.29, 1.82) is 0 Å². The molecule has 1 saturated heterocycles. The zero-order valence-electron chi connectivity index (χ0n) is 38.1. The fourth-order valence-corrected chi connectivity index (χ4v) is 8.01. The van der Waals surface area contributed by atoms with Gasteiger partial charge in [0.15, 0.2) is 12.4 Å². The number of unbranched alkanes of at least 4 members (excludes halogenated alkanes) is 16. The molecule has 12 nitrogen and oxygen atoms in total. The quantitative estimate of drug-likeness (QED) is 0.0392. The number of rotatable bonds is 34. The number of aryl methyl sites for hydroxylation is 2. The molecule has 0 radical (unpaired) electrons. The van der Waals surface area contributed by atoms with Gasteiger partial charge in [0.25, 0.3) is 0 Å². The van der Waals surface area contributed by atoms with Crippen LogP contribution in [0.25, 0.3) is 0 Å². The number of nitrogens with one attached hydrogen (secondary N) is 1. The predicted molar refractivity (Wildman–Crippen MR) is 241 cm³/mol. The van der Waals surface area contributed by atoms with E-state index < -0.39 is 55.2 Å². The number of benzene rings is 2. The van der Waals surface area contributed by atoms with Crippen LogP contribution >= 0.6 is 0 Å². The number of aliphatic hydroxyl groups is 3. The summed E-state index contributed by atoms with van der Waals surface area (Å²) in [6.07, 6.45) is 15.6. The molecule has 2 aromatic carbocycles. The second-order valence-corrected chi connectivity index (χ2v) is 17.0. The molecule has 1 aliphatic rings. The highest BCUT2D eigenvalue weighted by molar-refractivity contribution is 5.78. The molecule has 0 saturated carbocycles. The molecule has 1 fully saturated rings. The van der Waals surface area contributed by atoms with E-state index in [2.05, 4.69) is 36.5 Å². The first kappa shape index (κ1) is 52.6. The van der Waals surface area contributed by atoms with Gasteiger partial charge in [-0.2, -0.15) is 0 Å². The van der Waals surface area contributed by atoms with Gasteiger partial charge in [-0.25, -0.2) is 0 Å². The Kier molecular flexibility index (Phi) is 27.2. The molecule has 0 aliphatic carbocycles. The van der Waals surface area contributed by atoms with E-state index in [4.69, 9.17) is 23.7 Å². The van der Waals surface area contributed by atoms with Crippen LogP contribution in [0.1, 0.15) is 166 Å². The Labute approximate surface area is 371 Å². The van der Waals surface area contributed by atoms with Gasteiger partial charge in [0, 0.05) is 12.8 Å². The molecule has 0 unspecified atom stereocenters. The van der Waals surface area contributed by atoms with Crippen molar-refractivity contribution >= 4 is 17.8 Å². The summed E-state index contributed by atoms with van der Waals surface area (Å²) in [5, 5.41) is 34.5. The molecular weight excluding hydrogens is 791 g/mol. The van der Waals surface area contributed by atoms with E-state index in [1.165, 1.54) is 43.2 Å². The normalized spacial score (nSPS) is 19.1. The van der Waals surface area contributed by atoms with Gasteiger partial charge < -0.3 is 44.3 Å². The van der Waals surface area contributed by atoms with Crippen LogP contribution in [0.3, 0.4) is 0 Å². The number of hydrogen-bond donors (Lipinski definition) is 4. The smallest absolute Gasteiger partial charge is 0.306 e. The molecule has 0 aromatic heterocycles. The first-order chi connectivity index (χ1) is 30.2. The topological polar surface area (TPSA) is 170 Å². The highest BCUT2D eigenvalue weighted by atomic mass is 16.6. The van der Waals surface area contributed by atoms with Crippen molar-refractivity contribution < 1.29 is 53.4 Å². The van der Waals surface area contributed by atoms with E-state index in [0.717, 1.165) is 101 Å². The summed E-state index contributed by atoms with van der Waals surface area (Å²) < 4.78 is 27.5. The van der Waals surface area contributed by atoms with E-state index in [-0.39, 0.29) is 25.2 Å². The van der Waals surface area contributed by atoms with Crippen LogP contribution in [-0.2, 0) is 41.4 Å². The highest BCUT2D eigenvalue weighted by Crippen LogP contribution is 2.25. The Morgan fingerprint density at radius 1 is 0.645 bits per heavy atom. The number of carbonyl (C=O) groups excluding carboxylic acids is 3. The molecule has 6 atom stereocenters. The molecule has 4 N–H and O–H groups in total. The summed E-state index contributed by atoms with van der Waals surface area (Å²) in [5.74, 6) is 0.229. The SMILES string of the molecule is CCCCCCCCCCC[C@@H](CC(=O)N[C@@H]1[C@@H](OC(=O)CCCCCCCc2ccc(OC)cc2)[C@H](O)[C@@H](CO)O[C@H]1O)OC(=O)CCCCCCCc1ccc(OC)cc1. The number of ether oxygens (including phenoxy) is 5. The minimum Gasteiger partial charge on any atom is -0.497 e. The van der Waals surface area contributed by atoms with Gasteiger partial charge in [-0.15, -0.1) is 0 Å². The van der Waals surface area contributed by atoms with Crippen molar-refractivity contribution in [3.8, 4) is 11.5 Å². The van der Waals surface area contributed by atoms with Gasteiger partial charge in [0.05, 0.1) is 27.2 Å². The van der Waals surface area contributed by atoms with E-state index in [1.54, 1.807) is 14.2 Å². The van der Waals surface area contributed by atoms with Crippen molar-refractivity contribution in [2.45, 2.75) is 204 Å². The third kappa shape index (κ3) is 21.6. The summed E-state index contributed by atoms with van der Waals surface area (Å²) in [6.45, 7) is 1.59. The van der Waals surface area contributed by atoms with E-state index in [1.807, 2.05) is 24.3 Å². The zero-order valence-corrected chi connectivity index (χ0v) is 38.1. The molecule has 1 aliphatic heterocycles. The Morgan fingerprint density at radius 3 is 1.61 bits per heavy atom. The van der Waals surface area contributed by atoms with Crippen LogP contribution in [0, 0.1) is 0 Å². The van der Waals surface area contributed by atoms with Crippen molar-refractivity contribution in [3.05, 3.63) is 59.7 Å². The molecule has 0 spiro atoms. The fourth-order valence-electron chi connectivity index (χ4n) is 8.01. The first-order valence-electron chi connectivity index (χ1n) is 23.7. The van der Waals surface area contributed by atoms with Gasteiger partial charge in [-0.1, -0.05) is 121 Å². The average molecular weight is 870 g/mol. The van der Waals surface area contributed by atoms with Crippen LogP contribution in [0.5, 0.6) is 11.5 Å². The monoisotopic (exact) mass is 870 g/mol. The fraction of sp³-hybridized carbons (Fsp3) is 0.700. The van der Waals surface area contributed by atoms with Gasteiger partial charge in [0.1, 0.15) is 35.9 Å². The summed E-state index contributed by atoms with van der Waals surface area (Å²) in [6, 6.07) is 14.9. The molecule has 62 heavy (non-hydrogen) atoms. The third-order valence-electron chi connectivity index (χ3n) is 11.8. The number of hydrogen-bond acceptors (Lipinski definition) is 11. The first-order valence-corrected chi connectivity index (χ1v) is 23.7. The van der Waals surface area contributed by atoms with Gasteiger partial charge >= 0.3 is 11.9 Å². The Bertz CT molecular complexity index is 1490. The van der Waals surface area contributed by atoms with Gasteiger partial charge in [-0.05, 0) is 86.8 Å². The largest absolute Gasteiger partial charge is 0.497 e. The molecule has 0 bridgehead atoms. The van der Waals surface area contributed by atoms with Crippen molar-refractivity contribution in [1.82, 2.24) is 5.32 Å². The minimum atomic E-state index is -1.66. The van der Waals surface area contributed by atoms with Crippen molar-refractivity contribution in [2.24, 2.45) is 0 Å². The lowest BCUT2D eigenvalue weighted by molar-refractivity contribution is -0.259. The van der Waals surface area contributed by atoms with E-state index in [0.29, 0.717) is 19.3 Å². The average Bonchev–Trinajstić information content (AvgIpc) is 3.27. The number of carbonyl (C=O) groups is 3. The maximum Gasteiger partial charge on any atom is 0.306 e. The summed E-state index contributed by atoms with van der Waals surface area (Å²) in [7, 11) is 3.31. The van der Waals surface area contributed by atoms with Gasteiger partial charge in [0.2, 0.25) is 5.91 Å². The molecule has 3 rings (SSSR count). The number of aliphatic hydroxyl groups excluding tert-OH is 3. The summed E-state index contributed by atoms with van der Waals surface area (Å²) in [4.78, 5) is 39.6. The predicted octanol–water partition coefficient (Wildman–Crippen LogP) is 8.86. The molecule has 350 valence electrons. The standard InChI is InChI=1S/C50H79NO11/c1-4-5-6-7-8-9-10-15-20-25-42(60-45(54)26-21-16-11-13-18-23-38-28-32-40(58-2)33-29-38)36-44(53)51-47-49(48(56)43(37-52)61-50(47)57)62-46(55)27-22-17-12-14-19-24-39-30-34-41(59-3)35-31-39/h28-35,42-43,47-50,52,56-57H,4-27,36-37H2,1-3H3,(H,51,53)/t42-,43+,47+,48+,49+,50+/m0/s1. The molecule has 2 aromatic rings. The molecular formula is C50H79NO11. The number of amides is 1. The van der Waals surface area contributed by atoms with Crippen LogP contribution in [0.2, 0.25) is 0 Å². The Morgan fingerprint density at radius 2 is 1.11 bits per heavy atom. The molecule has 12 heteroatoms. The number of esters is 2. The lowest BCUT2D eigenvalue weighted by Gasteiger charge is -2.42. The summed E-state index contributed by atoms with van der Waals surface area (Å²) >= 11 is 0. The van der Waals surface area contributed by atoms with Crippen LogP contribution in [0.15, 0.2) is 48.5 Å². The van der Waals surface area contributed by atoms with Crippen LogP contribution < -0.4 is 14.8 Å². The molecule has 1 amide bonds. The van der Waals surface area contributed by atoms with Crippen molar-refractivity contribution in [3.63, 3.8) is 0 Å². The lowest BCUT2D eigenvalue weighted by atomic mass is 9.96. The third-order valence-corrected chi connectivity index (χ3v) is 11.8.